The number of rotatable bonds is 7. The number of carboxylic acids is 1. The van der Waals surface area contributed by atoms with E-state index < -0.39 is 11.4 Å². The van der Waals surface area contributed by atoms with Gasteiger partial charge in [-0.25, -0.2) is 0 Å². The van der Waals surface area contributed by atoms with Crippen molar-refractivity contribution >= 4 is 17.6 Å². The quantitative estimate of drug-likeness (QED) is 0.806. The third-order valence-electron chi connectivity index (χ3n) is 4.19. The topological polar surface area (TPSA) is 75.6 Å². The van der Waals surface area contributed by atoms with E-state index in [4.69, 9.17) is 9.84 Å². The molecule has 0 saturated carbocycles. The zero-order chi connectivity index (χ0) is 18.4. The van der Waals surface area contributed by atoms with E-state index in [-0.39, 0.29) is 12.3 Å². The smallest absolute Gasteiger partial charge is 0.303 e. The largest absolute Gasteiger partial charge is 0.497 e. The van der Waals surface area contributed by atoms with Crippen LogP contribution in [-0.2, 0) is 21.4 Å². The fourth-order valence-electron chi connectivity index (χ4n) is 2.48. The molecule has 5 heteroatoms. The first-order valence-corrected chi connectivity index (χ1v) is 8.09. The zero-order valence-corrected chi connectivity index (χ0v) is 14.7. The van der Waals surface area contributed by atoms with E-state index in [9.17, 15) is 9.59 Å². The Morgan fingerprint density at radius 3 is 2.40 bits per heavy atom. The average molecular weight is 341 g/mol. The number of hydrogen-bond acceptors (Lipinski definition) is 3. The molecule has 0 radical (unpaired) electrons. The van der Waals surface area contributed by atoms with Crippen molar-refractivity contribution in [2.75, 3.05) is 12.4 Å². The summed E-state index contributed by atoms with van der Waals surface area (Å²) in [6, 6.07) is 14.7. The number of nitrogens with one attached hydrogen (secondary N) is 1. The third kappa shape index (κ3) is 4.83. The van der Waals surface area contributed by atoms with E-state index in [2.05, 4.69) is 5.32 Å². The average Bonchev–Trinajstić information content (AvgIpc) is 2.60. The van der Waals surface area contributed by atoms with Crippen molar-refractivity contribution in [1.29, 1.82) is 0 Å². The minimum Gasteiger partial charge on any atom is -0.497 e. The van der Waals surface area contributed by atoms with Gasteiger partial charge in [-0.15, -0.1) is 0 Å². The first-order valence-electron chi connectivity index (χ1n) is 8.09. The number of carbonyl (C=O) groups excluding carboxylic acids is 1. The number of anilines is 1. The van der Waals surface area contributed by atoms with Crippen molar-refractivity contribution in [2.24, 2.45) is 0 Å². The minimum atomic E-state index is -0.838. The van der Waals surface area contributed by atoms with Gasteiger partial charge in [-0.1, -0.05) is 24.3 Å². The van der Waals surface area contributed by atoms with Gasteiger partial charge in [0.1, 0.15) is 5.75 Å². The van der Waals surface area contributed by atoms with E-state index in [1.807, 2.05) is 56.3 Å². The van der Waals surface area contributed by atoms with Gasteiger partial charge in [0.25, 0.3) is 0 Å². The maximum atomic E-state index is 12.7. The summed E-state index contributed by atoms with van der Waals surface area (Å²) in [6.07, 6.45) is 0.496. The van der Waals surface area contributed by atoms with Crippen LogP contribution in [0, 0.1) is 0 Å². The molecule has 0 bridgehead atoms. The molecule has 1 amide bonds. The number of aryl methyl sites for hydroxylation is 1. The number of amides is 1. The number of benzene rings is 2. The molecular formula is C20H23NO4. The van der Waals surface area contributed by atoms with Crippen molar-refractivity contribution < 1.29 is 19.4 Å². The van der Waals surface area contributed by atoms with E-state index >= 15 is 0 Å². The number of carbonyl (C=O) groups is 2. The van der Waals surface area contributed by atoms with Gasteiger partial charge in [0.15, 0.2) is 0 Å². The summed E-state index contributed by atoms with van der Waals surface area (Å²) >= 11 is 0. The van der Waals surface area contributed by atoms with Gasteiger partial charge >= 0.3 is 5.97 Å². The first kappa shape index (κ1) is 18.5. The van der Waals surface area contributed by atoms with Crippen LogP contribution >= 0.6 is 0 Å². The van der Waals surface area contributed by atoms with Crippen LogP contribution in [0.5, 0.6) is 5.75 Å². The van der Waals surface area contributed by atoms with Gasteiger partial charge in [-0.2, -0.15) is 0 Å². The molecule has 25 heavy (non-hydrogen) atoms. The highest BCUT2D eigenvalue weighted by Crippen LogP contribution is 2.27. The fraction of sp³-hybridized carbons (Fsp3) is 0.300. The maximum Gasteiger partial charge on any atom is 0.303 e. The zero-order valence-electron chi connectivity index (χ0n) is 14.7. The molecule has 0 atom stereocenters. The Kier molecular flexibility index (Phi) is 5.80. The van der Waals surface area contributed by atoms with Crippen LogP contribution in [0.15, 0.2) is 48.5 Å². The van der Waals surface area contributed by atoms with Gasteiger partial charge < -0.3 is 15.2 Å². The van der Waals surface area contributed by atoms with E-state index in [0.717, 1.165) is 16.9 Å². The lowest BCUT2D eigenvalue weighted by atomic mass is 9.83. The normalized spacial score (nSPS) is 11.0. The number of carboxylic acid groups (broad SMARTS) is 1. The van der Waals surface area contributed by atoms with Crippen molar-refractivity contribution in [1.82, 2.24) is 0 Å². The monoisotopic (exact) mass is 341 g/mol. The highest BCUT2D eigenvalue weighted by Gasteiger charge is 2.29. The van der Waals surface area contributed by atoms with Crippen molar-refractivity contribution in [3.8, 4) is 5.75 Å². The molecule has 2 aromatic rings. The number of ether oxygens (including phenoxy) is 1. The molecule has 0 aliphatic carbocycles. The highest BCUT2D eigenvalue weighted by molar-refractivity contribution is 5.98. The SMILES string of the molecule is COc1ccc(C(C)(C)C(=O)Nc2cccc(CCC(=O)O)c2)cc1. The summed E-state index contributed by atoms with van der Waals surface area (Å²) in [7, 11) is 1.60. The number of hydrogen-bond donors (Lipinski definition) is 2. The Bertz CT molecular complexity index is 751. The van der Waals surface area contributed by atoms with Gasteiger partial charge in [-0.3, -0.25) is 9.59 Å². The molecule has 2 aromatic carbocycles. The van der Waals surface area contributed by atoms with Crippen LogP contribution in [-0.4, -0.2) is 24.1 Å². The lowest BCUT2D eigenvalue weighted by Crippen LogP contribution is -2.34. The Morgan fingerprint density at radius 2 is 1.80 bits per heavy atom. The van der Waals surface area contributed by atoms with Crippen molar-refractivity contribution in [2.45, 2.75) is 32.1 Å². The Labute approximate surface area is 147 Å². The van der Waals surface area contributed by atoms with Crippen LogP contribution in [0.2, 0.25) is 0 Å². The van der Waals surface area contributed by atoms with E-state index in [1.54, 1.807) is 13.2 Å². The summed E-state index contributed by atoms with van der Waals surface area (Å²) in [5.74, 6) is -0.228. The summed E-state index contributed by atoms with van der Waals surface area (Å²) < 4.78 is 5.15. The standard InChI is InChI=1S/C20H23NO4/c1-20(2,15-8-10-17(25-3)11-9-15)19(24)21-16-6-4-5-14(13-16)7-12-18(22)23/h4-6,8-11,13H,7,12H2,1-3H3,(H,21,24)(H,22,23). The fourth-order valence-corrected chi connectivity index (χ4v) is 2.48. The van der Waals surface area contributed by atoms with Crippen LogP contribution in [0.3, 0.4) is 0 Å². The number of methoxy groups -OCH3 is 1. The van der Waals surface area contributed by atoms with Crippen molar-refractivity contribution in [3.63, 3.8) is 0 Å². The lowest BCUT2D eigenvalue weighted by Gasteiger charge is -2.24. The summed E-state index contributed by atoms with van der Waals surface area (Å²) in [5, 5.41) is 11.7. The van der Waals surface area contributed by atoms with E-state index in [0.29, 0.717) is 12.1 Å². The predicted octanol–water partition coefficient (Wildman–Crippen LogP) is 3.63. The lowest BCUT2D eigenvalue weighted by molar-refractivity contribution is -0.137. The molecular weight excluding hydrogens is 318 g/mol. The first-order chi connectivity index (χ1) is 11.8. The van der Waals surface area contributed by atoms with Gasteiger partial charge in [0, 0.05) is 12.1 Å². The molecule has 0 saturated heterocycles. The van der Waals surface area contributed by atoms with Gasteiger partial charge in [0.05, 0.1) is 12.5 Å². The molecule has 0 aliphatic rings. The third-order valence-corrected chi connectivity index (χ3v) is 4.19. The molecule has 0 unspecified atom stereocenters. The Hall–Kier alpha value is -2.82. The van der Waals surface area contributed by atoms with Crippen LogP contribution in [0.1, 0.15) is 31.4 Å². The second-order valence-electron chi connectivity index (χ2n) is 6.40. The second-order valence-corrected chi connectivity index (χ2v) is 6.40. The number of aliphatic carboxylic acids is 1. The molecule has 0 heterocycles. The van der Waals surface area contributed by atoms with Crippen LogP contribution in [0.25, 0.3) is 0 Å². The minimum absolute atomic E-state index is 0.0642. The summed E-state index contributed by atoms with van der Waals surface area (Å²) in [5.41, 5.74) is 1.70. The Morgan fingerprint density at radius 1 is 1.12 bits per heavy atom. The molecule has 5 nitrogen and oxygen atoms in total. The maximum absolute atomic E-state index is 12.7. The van der Waals surface area contributed by atoms with Gasteiger partial charge in [0.2, 0.25) is 5.91 Å². The van der Waals surface area contributed by atoms with Gasteiger partial charge in [-0.05, 0) is 55.7 Å². The van der Waals surface area contributed by atoms with Crippen molar-refractivity contribution in [3.05, 3.63) is 59.7 Å². The van der Waals surface area contributed by atoms with Crippen LogP contribution in [0.4, 0.5) is 5.69 Å². The molecule has 2 rings (SSSR count). The molecule has 0 aromatic heterocycles. The molecule has 0 fully saturated rings. The molecule has 132 valence electrons. The predicted molar refractivity (Wildman–Crippen MR) is 97.0 cm³/mol. The Balaban J connectivity index is 2.11. The molecule has 0 spiro atoms. The summed E-state index contributed by atoms with van der Waals surface area (Å²) in [6.45, 7) is 3.72. The summed E-state index contributed by atoms with van der Waals surface area (Å²) in [4.78, 5) is 23.4. The second kappa shape index (κ2) is 7.83. The molecule has 2 N–H and O–H groups in total. The van der Waals surface area contributed by atoms with Crippen LogP contribution < -0.4 is 10.1 Å². The molecule has 0 aliphatic heterocycles. The highest BCUT2D eigenvalue weighted by atomic mass is 16.5. The van der Waals surface area contributed by atoms with E-state index in [1.165, 1.54) is 0 Å².